The van der Waals surface area contributed by atoms with E-state index in [1.165, 1.54) is 6.42 Å². The summed E-state index contributed by atoms with van der Waals surface area (Å²) in [6.07, 6.45) is 15.3. The highest BCUT2D eigenvalue weighted by Gasteiger charge is 2.23. The Balaban J connectivity index is 1.50. The van der Waals surface area contributed by atoms with E-state index < -0.39 is 0 Å². The summed E-state index contributed by atoms with van der Waals surface area (Å²) in [4.78, 5) is 20.2. The highest BCUT2D eigenvalue weighted by molar-refractivity contribution is 5.21. The molecule has 0 aliphatic carbocycles. The predicted octanol–water partition coefficient (Wildman–Crippen LogP) is 1.78. The third kappa shape index (κ3) is 3.07. The van der Waals surface area contributed by atoms with Gasteiger partial charge < -0.3 is 4.57 Å². The highest BCUT2D eigenvalue weighted by atomic mass is 15.2. The van der Waals surface area contributed by atoms with Crippen LogP contribution in [0, 0.1) is 0 Å². The molecule has 4 rings (SSSR count). The van der Waals surface area contributed by atoms with Crippen molar-refractivity contribution in [3.63, 3.8) is 0 Å². The van der Waals surface area contributed by atoms with Gasteiger partial charge in [0.2, 0.25) is 0 Å². The fourth-order valence-corrected chi connectivity index (χ4v) is 3.28. The monoisotopic (exact) mass is 323 g/mol. The fourth-order valence-electron chi connectivity index (χ4n) is 3.28. The van der Waals surface area contributed by atoms with Gasteiger partial charge in [-0.2, -0.15) is 0 Å². The van der Waals surface area contributed by atoms with Crippen molar-refractivity contribution in [2.24, 2.45) is 7.05 Å². The van der Waals surface area contributed by atoms with E-state index in [4.69, 9.17) is 4.98 Å². The zero-order valence-corrected chi connectivity index (χ0v) is 13.8. The Morgan fingerprint density at radius 2 is 2.12 bits per heavy atom. The van der Waals surface area contributed by atoms with Crippen LogP contribution in [0.15, 0.2) is 43.5 Å². The topological polar surface area (TPSA) is 64.7 Å². The lowest BCUT2D eigenvalue weighted by Gasteiger charge is -2.32. The van der Waals surface area contributed by atoms with Crippen molar-refractivity contribution in [2.45, 2.75) is 25.3 Å². The lowest BCUT2D eigenvalue weighted by molar-refractivity contribution is 0.192. The number of likely N-dealkylation sites (tertiary alicyclic amines) is 1. The smallest absolute Gasteiger partial charge is 0.156 e. The normalized spacial score (nSPS) is 18.8. The Morgan fingerprint density at radius 3 is 2.92 bits per heavy atom. The number of aryl methyl sites for hydroxylation is 1. The van der Waals surface area contributed by atoms with Gasteiger partial charge in [-0.05, 0) is 19.4 Å². The first kappa shape index (κ1) is 15.0. The maximum atomic E-state index is 4.80. The molecule has 0 amide bonds. The summed E-state index contributed by atoms with van der Waals surface area (Å²) >= 11 is 0. The molecular formula is C17H21N7. The molecular weight excluding hydrogens is 302 g/mol. The predicted molar refractivity (Wildman–Crippen MR) is 89.6 cm³/mol. The van der Waals surface area contributed by atoms with E-state index >= 15 is 0 Å². The van der Waals surface area contributed by atoms with Crippen molar-refractivity contribution >= 4 is 0 Å². The van der Waals surface area contributed by atoms with Crippen molar-refractivity contribution in [1.29, 1.82) is 0 Å². The van der Waals surface area contributed by atoms with Gasteiger partial charge in [-0.25, -0.2) is 15.0 Å². The summed E-state index contributed by atoms with van der Waals surface area (Å²) in [5.41, 5.74) is 1.06. The first-order valence-electron chi connectivity index (χ1n) is 8.28. The molecule has 4 heterocycles. The molecule has 3 aromatic heterocycles. The van der Waals surface area contributed by atoms with Crippen molar-refractivity contribution in [3.8, 4) is 5.82 Å². The summed E-state index contributed by atoms with van der Waals surface area (Å²) in [6, 6.07) is 0. The SMILES string of the molecule is Cn1ccnc1CN1CCC[C@H](c2cncc(-n3ccnc3)n2)C1. The molecule has 124 valence electrons. The van der Waals surface area contributed by atoms with E-state index in [1.807, 2.05) is 36.4 Å². The molecule has 0 spiro atoms. The quantitative estimate of drug-likeness (QED) is 0.732. The molecule has 1 atom stereocenters. The zero-order valence-electron chi connectivity index (χ0n) is 13.8. The lowest BCUT2D eigenvalue weighted by Crippen LogP contribution is -2.35. The summed E-state index contributed by atoms with van der Waals surface area (Å²) in [5, 5.41) is 0. The van der Waals surface area contributed by atoms with Gasteiger partial charge in [0, 0.05) is 50.5 Å². The van der Waals surface area contributed by atoms with Gasteiger partial charge in [-0.3, -0.25) is 14.5 Å². The Hall–Kier alpha value is -2.54. The van der Waals surface area contributed by atoms with Crippen LogP contribution in [0.5, 0.6) is 0 Å². The van der Waals surface area contributed by atoms with Crippen LogP contribution in [-0.2, 0) is 13.6 Å². The van der Waals surface area contributed by atoms with Crippen molar-refractivity contribution < 1.29 is 0 Å². The number of rotatable bonds is 4. The Morgan fingerprint density at radius 1 is 1.17 bits per heavy atom. The molecule has 0 unspecified atom stereocenters. The van der Waals surface area contributed by atoms with Crippen molar-refractivity contribution in [2.75, 3.05) is 13.1 Å². The second-order valence-corrected chi connectivity index (χ2v) is 6.30. The van der Waals surface area contributed by atoms with Crippen LogP contribution in [-0.4, -0.2) is 47.1 Å². The van der Waals surface area contributed by atoms with Gasteiger partial charge in [0.05, 0.1) is 18.4 Å². The van der Waals surface area contributed by atoms with Gasteiger partial charge in [0.15, 0.2) is 5.82 Å². The van der Waals surface area contributed by atoms with Crippen LogP contribution in [0.2, 0.25) is 0 Å². The van der Waals surface area contributed by atoms with Crippen LogP contribution < -0.4 is 0 Å². The summed E-state index contributed by atoms with van der Waals surface area (Å²) in [6.45, 7) is 2.99. The van der Waals surface area contributed by atoms with Gasteiger partial charge in [0.1, 0.15) is 12.2 Å². The van der Waals surface area contributed by atoms with E-state index in [1.54, 1.807) is 18.7 Å². The maximum absolute atomic E-state index is 4.80. The minimum atomic E-state index is 0.412. The molecule has 1 aliphatic heterocycles. The molecule has 0 aromatic carbocycles. The summed E-state index contributed by atoms with van der Waals surface area (Å²) < 4.78 is 3.98. The number of hydrogen-bond donors (Lipinski definition) is 0. The van der Waals surface area contributed by atoms with Crippen LogP contribution in [0.3, 0.4) is 0 Å². The number of aromatic nitrogens is 6. The van der Waals surface area contributed by atoms with E-state index in [-0.39, 0.29) is 0 Å². The van der Waals surface area contributed by atoms with Crippen LogP contribution >= 0.6 is 0 Å². The summed E-state index contributed by atoms with van der Waals surface area (Å²) in [7, 11) is 2.05. The molecule has 0 N–H and O–H groups in total. The molecule has 0 saturated carbocycles. The molecule has 1 aliphatic rings. The maximum Gasteiger partial charge on any atom is 0.156 e. The molecule has 0 bridgehead atoms. The third-order valence-corrected chi connectivity index (χ3v) is 4.62. The summed E-state index contributed by atoms with van der Waals surface area (Å²) in [5.74, 6) is 2.34. The molecule has 3 aromatic rings. The Kier molecular flexibility index (Phi) is 4.08. The minimum absolute atomic E-state index is 0.412. The largest absolute Gasteiger partial charge is 0.337 e. The lowest BCUT2D eigenvalue weighted by atomic mass is 9.95. The van der Waals surface area contributed by atoms with Gasteiger partial charge in [0.25, 0.3) is 0 Å². The van der Waals surface area contributed by atoms with Crippen LogP contribution in [0.25, 0.3) is 5.82 Å². The highest BCUT2D eigenvalue weighted by Crippen LogP contribution is 2.26. The van der Waals surface area contributed by atoms with E-state index in [0.29, 0.717) is 5.92 Å². The first-order valence-corrected chi connectivity index (χ1v) is 8.28. The molecule has 24 heavy (non-hydrogen) atoms. The fraction of sp³-hybridized carbons (Fsp3) is 0.412. The van der Waals surface area contributed by atoms with Crippen molar-refractivity contribution in [1.82, 2.24) is 34.0 Å². The molecule has 7 heteroatoms. The Bertz CT molecular complexity index is 793. The number of nitrogens with zero attached hydrogens (tertiary/aromatic N) is 7. The zero-order chi connectivity index (χ0) is 16.4. The van der Waals surface area contributed by atoms with Gasteiger partial charge in [-0.15, -0.1) is 0 Å². The molecule has 1 saturated heterocycles. The second-order valence-electron chi connectivity index (χ2n) is 6.30. The number of hydrogen-bond acceptors (Lipinski definition) is 5. The standard InChI is InChI=1S/C17H21N7/c1-22-7-5-20-17(22)12-23-6-2-3-14(11-23)15-9-19-10-16(21-15)24-8-4-18-13-24/h4-5,7-10,13-14H,2-3,6,11-12H2,1H3/t14-/m0/s1. The number of imidazole rings is 2. The van der Waals surface area contributed by atoms with Gasteiger partial charge in [-0.1, -0.05) is 0 Å². The molecule has 1 fully saturated rings. The minimum Gasteiger partial charge on any atom is -0.337 e. The first-order chi connectivity index (χ1) is 11.8. The second kappa shape index (κ2) is 6.52. The third-order valence-electron chi connectivity index (χ3n) is 4.62. The average molecular weight is 323 g/mol. The molecule has 7 nitrogen and oxygen atoms in total. The van der Waals surface area contributed by atoms with Crippen LogP contribution in [0.1, 0.15) is 30.3 Å². The Labute approximate surface area is 141 Å². The van der Waals surface area contributed by atoms with E-state index in [2.05, 4.69) is 24.4 Å². The average Bonchev–Trinajstić information content (AvgIpc) is 3.28. The van der Waals surface area contributed by atoms with E-state index in [0.717, 1.165) is 43.4 Å². The van der Waals surface area contributed by atoms with Crippen molar-refractivity contribution in [3.05, 3.63) is 55.0 Å². The molecule has 0 radical (unpaired) electrons. The number of piperidine rings is 1. The van der Waals surface area contributed by atoms with E-state index in [9.17, 15) is 0 Å². The van der Waals surface area contributed by atoms with Crippen LogP contribution in [0.4, 0.5) is 0 Å². The van der Waals surface area contributed by atoms with Gasteiger partial charge >= 0.3 is 0 Å².